The molecule has 1 fully saturated rings. The fourth-order valence-corrected chi connectivity index (χ4v) is 2.13. The molecule has 0 aromatic heterocycles. The molecule has 0 amide bonds. The third-order valence-electron chi connectivity index (χ3n) is 3.30. The van der Waals surface area contributed by atoms with Crippen molar-refractivity contribution in [2.75, 3.05) is 20.1 Å². The van der Waals surface area contributed by atoms with Crippen LogP contribution in [0.1, 0.15) is 24.0 Å². The number of piperidine rings is 1. The van der Waals surface area contributed by atoms with Crippen LogP contribution in [0.4, 0.5) is 0 Å². The van der Waals surface area contributed by atoms with Crippen LogP contribution in [-0.2, 0) is 11.2 Å². The van der Waals surface area contributed by atoms with E-state index in [-0.39, 0.29) is 0 Å². The molecule has 0 radical (unpaired) electrons. The number of rotatable bonds is 3. The molecule has 0 bridgehead atoms. The normalized spacial score (nSPS) is 16.9. The van der Waals surface area contributed by atoms with Crippen LogP contribution in [0.15, 0.2) is 29.8 Å². The predicted molar refractivity (Wildman–Crippen MR) is 70.9 cm³/mol. The summed E-state index contributed by atoms with van der Waals surface area (Å²) in [5.74, 6) is 0. The Hall–Kier alpha value is -1.41. The van der Waals surface area contributed by atoms with E-state index in [2.05, 4.69) is 30.2 Å². The first-order valence-corrected chi connectivity index (χ1v) is 6.18. The van der Waals surface area contributed by atoms with E-state index in [4.69, 9.17) is 0 Å². The summed E-state index contributed by atoms with van der Waals surface area (Å²) >= 11 is 0. The highest BCUT2D eigenvalue weighted by Gasteiger charge is 2.09. The lowest BCUT2D eigenvalue weighted by Gasteiger charge is -2.24. The molecule has 1 heterocycles. The molecular formula is C15H19NO. The van der Waals surface area contributed by atoms with Crippen molar-refractivity contribution in [2.45, 2.75) is 19.3 Å². The highest BCUT2D eigenvalue weighted by molar-refractivity contribution is 5.57. The summed E-state index contributed by atoms with van der Waals surface area (Å²) in [5.41, 5.74) is 3.87. The Morgan fingerprint density at radius 3 is 2.41 bits per heavy atom. The Kier molecular flexibility index (Phi) is 4.10. The Bertz CT molecular complexity index is 395. The molecule has 1 aromatic carbocycles. The van der Waals surface area contributed by atoms with Crippen LogP contribution in [0, 0.1) is 0 Å². The van der Waals surface area contributed by atoms with Gasteiger partial charge < -0.3 is 9.69 Å². The monoisotopic (exact) mass is 229 g/mol. The number of aldehydes is 1. The van der Waals surface area contributed by atoms with Crippen LogP contribution in [0.25, 0.3) is 6.08 Å². The summed E-state index contributed by atoms with van der Waals surface area (Å²) in [6.45, 7) is 2.32. The SMILES string of the molecule is CN1CCC(=Cc2ccc(CC=O)cc2)CC1. The fourth-order valence-electron chi connectivity index (χ4n) is 2.13. The van der Waals surface area contributed by atoms with Gasteiger partial charge in [0.05, 0.1) is 0 Å². The Morgan fingerprint density at radius 1 is 1.18 bits per heavy atom. The number of carbonyl (C=O) groups excluding carboxylic acids is 1. The van der Waals surface area contributed by atoms with Gasteiger partial charge in [-0.2, -0.15) is 0 Å². The van der Waals surface area contributed by atoms with Gasteiger partial charge in [0.1, 0.15) is 6.29 Å². The summed E-state index contributed by atoms with van der Waals surface area (Å²) in [6, 6.07) is 8.28. The van der Waals surface area contributed by atoms with Gasteiger partial charge in [0.15, 0.2) is 0 Å². The second kappa shape index (κ2) is 5.78. The van der Waals surface area contributed by atoms with Crippen LogP contribution in [0.2, 0.25) is 0 Å². The Labute approximate surface area is 103 Å². The maximum Gasteiger partial charge on any atom is 0.124 e. The maximum absolute atomic E-state index is 10.4. The zero-order valence-electron chi connectivity index (χ0n) is 10.4. The highest BCUT2D eigenvalue weighted by Crippen LogP contribution is 2.18. The maximum atomic E-state index is 10.4. The van der Waals surface area contributed by atoms with Gasteiger partial charge in [0, 0.05) is 19.5 Å². The molecule has 2 nitrogen and oxygen atoms in total. The van der Waals surface area contributed by atoms with Crippen LogP contribution < -0.4 is 0 Å². The predicted octanol–water partition coefficient (Wildman–Crippen LogP) is 2.54. The number of benzene rings is 1. The molecule has 2 heteroatoms. The molecule has 1 saturated heterocycles. The molecule has 17 heavy (non-hydrogen) atoms. The van der Waals surface area contributed by atoms with E-state index in [0.717, 1.165) is 24.9 Å². The van der Waals surface area contributed by atoms with Gasteiger partial charge >= 0.3 is 0 Å². The van der Waals surface area contributed by atoms with Crippen molar-refractivity contribution < 1.29 is 4.79 Å². The van der Waals surface area contributed by atoms with Gasteiger partial charge in [0.25, 0.3) is 0 Å². The van der Waals surface area contributed by atoms with Crippen molar-refractivity contribution in [3.8, 4) is 0 Å². The van der Waals surface area contributed by atoms with E-state index in [1.807, 2.05) is 12.1 Å². The minimum atomic E-state index is 0.516. The van der Waals surface area contributed by atoms with Gasteiger partial charge in [0.2, 0.25) is 0 Å². The lowest BCUT2D eigenvalue weighted by molar-refractivity contribution is -0.107. The topological polar surface area (TPSA) is 20.3 Å². The Balaban J connectivity index is 2.02. The average molecular weight is 229 g/mol. The zero-order chi connectivity index (χ0) is 12.1. The molecule has 1 aliphatic heterocycles. The van der Waals surface area contributed by atoms with E-state index < -0.39 is 0 Å². The lowest BCUT2D eigenvalue weighted by atomic mass is 10.0. The molecule has 2 rings (SSSR count). The van der Waals surface area contributed by atoms with Crippen molar-refractivity contribution in [1.29, 1.82) is 0 Å². The molecule has 90 valence electrons. The third kappa shape index (κ3) is 3.53. The number of carbonyl (C=O) groups is 1. The van der Waals surface area contributed by atoms with Gasteiger partial charge in [-0.3, -0.25) is 0 Å². The average Bonchev–Trinajstić information content (AvgIpc) is 2.35. The van der Waals surface area contributed by atoms with E-state index in [9.17, 15) is 4.79 Å². The quantitative estimate of drug-likeness (QED) is 0.742. The molecule has 0 unspecified atom stereocenters. The second-order valence-corrected chi connectivity index (χ2v) is 4.72. The largest absolute Gasteiger partial charge is 0.306 e. The first-order valence-electron chi connectivity index (χ1n) is 6.18. The van der Waals surface area contributed by atoms with Gasteiger partial charge in [-0.15, -0.1) is 0 Å². The number of nitrogens with zero attached hydrogens (tertiary/aromatic N) is 1. The van der Waals surface area contributed by atoms with Crippen LogP contribution >= 0.6 is 0 Å². The number of hydrogen-bond donors (Lipinski definition) is 0. The van der Waals surface area contributed by atoms with Gasteiger partial charge in [-0.1, -0.05) is 35.9 Å². The summed E-state index contributed by atoms with van der Waals surface area (Å²) in [7, 11) is 2.17. The third-order valence-corrected chi connectivity index (χ3v) is 3.30. The fraction of sp³-hybridized carbons (Fsp3) is 0.400. The summed E-state index contributed by atoms with van der Waals surface area (Å²) < 4.78 is 0. The molecule has 0 saturated carbocycles. The van der Waals surface area contributed by atoms with Gasteiger partial charge in [-0.05, 0) is 31.0 Å². The molecule has 1 aromatic rings. The minimum Gasteiger partial charge on any atom is -0.306 e. The zero-order valence-corrected chi connectivity index (χ0v) is 10.4. The molecule has 0 atom stereocenters. The molecular weight excluding hydrogens is 210 g/mol. The van der Waals surface area contributed by atoms with E-state index in [1.165, 1.54) is 24.0 Å². The van der Waals surface area contributed by atoms with E-state index in [0.29, 0.717) is 6.42 Å². The second-order valence-electron chi connectivity index (χ2n) is 4.72. The number of likely N-dealkylation sites (tertiary alicyclic amines) is 1. The van der Waals surface area contributed by atoms with Crippen LogP contribution in [-0.4, -0.2) is 31.3 Å². The van der Waals surface area contributed by atoms with E-state index in [1.54, 1.807) is 0 Å². The van der Waals surface area contributed by atoms with Crippen LogP contribution in [0.5, 0.6) is 0 Å². The molecule has 0 N–H and O–H groups in total. The van der Waals surface area contributed by atoms with E-state index >= 15 is 0 Å². The first-order chi connectivity index (χ1) is 8.28. The lowest BCUT2D eigenvalue weighted by Crippen LogP contribution is -2.26. The Morgan fingerprint density at radius 2 is 1.82 bits per heavy atom. The van der Waals surface area contributed by atoms with Crippen LogP contribution in [0.3, 0.4) is 0 Å². The van der Waals surface area contributed by atoms with Crippen molar-refractivity contribution in [3.63, 3.8) is 0 Å². The van der Waals surface area contributed by atoms with Crippen molar-refractivity contribution >= 4 is 12.4 Å². The molecule has 0 aliphatic carbocycles. The van der Waals surface area contributed by atoms with Crippen molar-refractivity contribution in [2.24, 2.45) is 0 Å². The van der Waals surface area contributed by atoms with Crippen molar-refractivity contribution in [1.82, 2.24) is 4.90 Å². The standard InChI is InChI=1S/C15H19NO/c1-16-9-6-15(7-10-16)12-14-4-2-13(3-5-14)8-11-17/h2-5,11-12H,6-10H2,1H3. The minimum absolute atomic E-state index is 0.516. The smallest absolute Gasteiger partial charge is 0.124 e. The summed E-state index contributed by atoms with van der Waals surface area (Å²) in [5, 5.41) is 0. The summed E-state index contributed by atoms with van der Waals surface area (Å²) in [4.78, 5) is 12.8. The first kappa shape index (κ1) is 12.1. The van der Waals surface area contributed by atoms with Crippen molar-refractivity contribution in [3.05, 3.63) is 41.0 Å². The molecule has 1 aliphatic rings. The summed E-state index contributed by atoms with van der Waals surface area (Å²) in [6.07, 6.45) is 6.10. The van der Waals surface area contributed by atoms with Gasteiger partial charge in [-0.25, -0.2) is 0 Å². The number of hydrogen-bond acceptors (Lipinski definition) is 2. The molecule has 0 spiro atoms. The highest BCUT2D eigenvalue weighted by atomic mass is 16.1.